The molecule has 8 amide bonds. The molecule has 0 bridgehead atoms. The highest BCUT2D eigenvalue weighted by Gasteiger charge is 2.63. The number of imide groups is 4. The zero-order valence-corrected chi connectivity index (χ0v) is 22.6. The molecule has 4 aliphatic rings. The summed E-state index contributed by atoms with van der Waals surface area (Å²) in [4.78, 5) is 84.4. The lowest BCUT2D eigenvalue weighted by molar-refractivity contribution is -0.160. The first kappa shape index (κ1) is 28.0. The molecule has 1 spiro atoms. The molecular weight excluding hydrogens is 528 g/mol. The average molecular weight is 557 g/mol. The number of nitrogens with one attached hydrogen (secondary N) is 1. The Bertz CT molecular complexity index is 1330. The molecule has 12 nitrogen and oxygen atoms in total. The van der Waals surface area contributed by atoms with Gasteiger partial charge in [0.15, 0.2) is 5.41 Å². The summed E-state index contributed by atoms with van der Waals surface area (Å²) in [5.74, 6) is -2.66. The summed E-state index contributed by atoms with van der Waals surface area (Å²) < 4.78 is 0. The van der Waals surface area contributed by atoms with E-state index in [0.29, 0.717) is 30.8 Å². The molecule has 4 aliphatic heterocycles. The lowest BCUT2D eigenvalue weighted by Crippen LogP contribution is -2.74. The summed E-state index contributed by atoms with van der Waals surface area (Å²) in [6.07, 6.45) is 2.82. The Kier molecular flexibility index (Phi) is 7.13. The Morgan fingerprint density at radius 1 is 1.03 bits per heavy atom. The number of fused-ring (bicyclic) bond motifs is 4. The topological polar surface area (TPSA) is 131 Å². The van der Waals surface area contributed by atoms with Crippen LogP contribution in [-0.2, 0) is 25.6 Å². The molecule has 0 saturated carbocycles. The van der Waals surface area contributed by atoms with Crippen LogP contribution in [0.4, 0.5) is 15.3 Å². The van der Waals surface area contributed by atoms with E-state index in [-0.39, 0.29) is 30.9 Å². The van der Waals surface area contributed by atoms with Gasteiger partial charge in [-0.15, -0.1) is 19.0 Å². The number of urea groups is 2. The van der Waals surface area contributed by atoms with E-state index in [1.165, 1.54) is 26.2 Å². The molecule has 0 aliphatic carbocycles. The van der Waals surface area contributed by atoms with Gasteiger partial charge in [0.2, 0.25) is 11.8 Å². The van der Waals surface area contributed by atoms with E-state index in [1.807, 2.05) is 18.0 Å². The summed E-state index contributed by atoms with van der Waals surface area (Å²) in [5.41, 5.74) is 0.286. The fraction of sp³-hybridized carbons (Fsp3) is 0.385. The summed E-state index contributed by atoms with van der Waals surface area (Å²) in [7, 11) is 4.69. The number of hydrogen-bond acceptors (Lipinski definition) is 8. The molecule has 3 fully saturated rings. The van der Waals surface area contributed by atoms with Crippen LogP contribution in [-0.4, -0.2) is 109 Å². The SMILES string of the molecule is C=CCN1C(=O)NC(=O)/C(=C\c2ccc3c(c2)CC2(C(=O)N(C)C(=O)N(C)C2=O)C2CN(C)CCN32)C1=O.Cl. The first-order valence-corrected chi connectivity index (χ1v) is 12.2. The maximum Gasteiger partial charge on any atom is 0.332 e. The predicted molar refractivity (Wildman–Crippen MR) is 143 cm³/mol. The van der Waals surface area contributed by atoms with Crippen molar-refractivity contribution in [1.82, 2.24) is 24.9 Å². The van der Waals surface area contributed by atoms with Crippen molar-refractivity contribution >= 4 is 59.9 Å². The molecule has 1 aromatic carbocycles. The lowest BCUT2D eigenvalue weighted by atomic mass is 9.67. The number of rotatable bonds is 3. The monoisotopic (exact) mass is 556 g/mol. The van der Waals surface area contributed by atoms with Gasteiger partial charge in [-0.1, -0.05) is 12.1 Å². The maximum absolute atomic E-state index is 13.7. The largest absolute Gasteiger partial charge is 0.364 e. The molecule has 3 saturated heterocycles. The fourth-order valence-corrected chi connectivity index (χ4v) is 5.85. The number of barbiturate groups is 2. The van der Waals surface area contributed by atoms with Crippen LogP contribution in [0.15, 0.2) is 36.4 Å². The van der Waals surface area contributed by atoms with Crippen LogP contribution in [0, 0.1) is 5.41 Å². The van der Waals surface area contributed by atoms with Gasteiger partial charge in [0.1, 0.15) is 5.57 Å². The number of halogens is 1. The molecule has 1 aromatic rings. The van der Waals surface area contributed by atoms with Crippen molar-refractivity contribution in [2.45, 2.75) is 12.5 Å². The highest BCUT2D eigenvalue weighted by molar-refractivity contribution is 6.31. The quantitative estimate of drug-likeness (QED) is 0.246. The van der Waals surface area contributed by atoms with Crippen LogP contribution < -0.4 is 10.2 Å². The van der Waals surface area contributed by atoms with Crippen molar-refractivity contribution in [3.63, 3.8) is 0 Å². The molecular formula is C26H29ClN6O6. The van der Waals surface area contributed by atoms with Crippen LogP contribution in [0.5, 0.6) is 0 Å². The second-order valence-corrected chi connectivity index (χ2v) is 10.0. The number of benzene rings is 1. The Balaban J connectivity index is 0.00000353. The van der Waals surface area contributed by atoms with Crippen molar-refractivity contribution in [3.8, 4) is 0 Å². The Hall–Kier alpha value is -4.03. The summed E-state index contributed by atoms with van der Waals surface area (Å²) in [6, 6.07) is 3.36. The number of amides is 8. The summed E-state index contributed by atoms with van der Waals surface area (Å²) >= 11 is 0. The fourth-order valence-electron chi connectivity index (χ4n) is 5.85. The second-order valence-electron chi connectivity index (χ2n) is 10.0. The van der Waals surface area contributed by atoms with E-state index >= 15 is 0 Å². The van der Waals surface area contributed by atoms with Gasteiger partial charge >= 0.3 is 12.1 Å². The third-order valence-electron chi connectivity index (χ3n) is 7.79. The summed E-state index contributed by atoms with van der Waals surface area (Å²) in [6.45, 7) is 5.22. The van der Waals surface area contributed by atoms with Gasteiger partial charge in [0.05, 0.1) is 6.04 Å². The van der Waals surface area contributed by atoms with Gasteiger partial charge in [-0.2, -0.15) is 0 Å². The van der Waals surface area contributed by atoms with Crippen LogP contribution in [0.2, 0.25) is 0 Å². The van der Waals surface area contributed by atoms with Gasteiger partial charge in [-0.3, -0.25) is 39.2 Å². The predicted octanol–water partition coefficient (Wildman–Crippen LogP) is 0.470. The molecule has 0 radical (unpaired) electrons. The lowest BCUT2D eigenvalue weighted by Gasteiger charge is -2.55. The number of hydrogen-bond donors (Lipinski definition) is 1. The van der Waals surface area contributed by atoms with E-state index in [2.05, 4.69) is 16.8 Å². The first-order chi connectivity index (χ1) is 18.0. The van der Waals surface area contributed by atoms with Crippen molar-refractivity contribution in [2.75, 3.05) is 52.2 Å². The molecule has 1 unspecified atom stereocenters. The second kappa shape index (κ2) is 9.93. The molecule has 5 rings (SSSR count). The zero-order chi connectivity index (χ0) is 27.5. The zero-order valence-electron chi connectivity index (χ0n) is 21.8. The van der Waals surface area contributed by atoms with Crippen molar-refractivity contribution < 1.29 is 28.8 Å². The van der Waals surface area contributed by atoms with Crippen molar-refractivity contribution in [3.05, 3.63) is 47.6 Å². The van der Waals surface area contributed by atoms with Crippen LogP contribution in [0.3, 0.4) is 0 Å². The third kappa shape index (κ3) is 4.10. The molecule has 206 valence electrons. The highest BCUT2D eigenvalue weighted by atomic mass is 35.5. The molecule has 39 heavy (non-hydrogen) atoms. The molecule has 1 N–H and O–H groups in total. The van der Waals surface area contributed by atoms with E-state index in [1.54, 1.807) is 12.1 Å². The van der Waals surface area contributed by atoms with Gasteiger partial charge in [-0.05, 0) is 42.8 Å². The van der Waals surface area contributed by atoms with E-state index < -0.39 is 47.1 Å². The number of anilines is 1. The standard InChI is InChI=1S/C26H28N6O6.ClH/c1-5-8-32-21(34)17(20(33)27-24(32)37)12-15-6-7-18-16(11-15)13-26(19-14-28(2)9-10-31(18)19)22(35)29(3)25(38)30(4)23(26)36;/h5-7,11-12,19H,1,8-10,13-14H2,2-4H3,(H,27,33,37);1H/b17-12+;. The molecule has 4 heterocycles. The molecule has 0 aromatic heterocycles. The molecule has 13 heteroatoms. The van der Waals surface area contributed by atoms with Crippen LogP contribution in [0.1, 0.15) is 11.1 Å². The van der Waals surface area contributed by atoms with Crippen LogP contribution >= 0.6 is 12.4 Å². The highest BCUT2D eigenvalue weighted by Crippen LogP contribution is 2.47. The number of nitrogens with zero attached hydrogens (tertiary/aromatic N) is 5. The number of likely N-dealkylation sites (N-methyl/N-ethyl adjacent to an activating group) is 1. The van der Waals surface area contributed by atoms with E-state index in [4.69, 9.17) is 0 Å². The van der Waals surface area contributed by atoms with Crippen molar-refractivity contribution in [2.24, 2.45) is 5.41 Å². The normalized spacial score (nSPS) is 24.1. The Morgan fingerprint density at radius 2 is 1.69 bits per heavy atom. The van der Waals surface area contributed by atoms with Gasteiger partial charge in [0.25, 0.3) is 11.8 Å². The number of piperazine rings is 1. The summed E-state index contributed by atoms with van der Waals surface area (Å²) in [5, 5.41) is 2.16. The number of carbonyl (C=O) groups excluding carboxylic acids is 6. The first-order valence-electron chi connectivity index (χ1n) is 12.2. The minimum absolute atomic E-state index is 0. The minimum Gasteiger partial charge on any atom is -0.364 e. The Labute approximate surface area is 231 Å². The number of carbonyl (C=O) groups is 6. The van der Waals surface area contributed by atoms with Gasteiger partial charge in [0, 0.05) is 46.0 Å². The van der Waals surface area contributed by atoms with Gasteiger partial charge in [-0.25, -0.2) is 9.59 Å². The maximum atomic E-state index is 13.7. The molecule has 1 atom stereocenters. The Morgan fingerprint density at radius 3 is 2.33 bits per heavy atom. The van der Waals surface area contributed by atoms with E-state index in [0.717, 1.165) is 20.4 Å². The third-order valence-corrected chi connectivity index (χ3v) is 7.79. The van der Waals surface area contributed by atoms with Crippen molar-refractivity contribution in [1.29, 1.82) is 0 Å². The average Bonchev–Trinajstić information content (AvgIpc) is 2.89. The van der Waals surface area contributed by atoms with Crippen LogP contribution in [0.25, 0.3) is 6.08 Å². The van der Waals surface area contributed by atoms with E-state index in [9.17, 15) is 28.8 Å². The van der Waals surface area contributed by atoms with Gasteiger partial charge < -0.3 is 9.80 Å². The smallest absolute Gasteiger partial charge is 0.332 e. The minimum atomic E-state index is -1.52.